The molecule has 3 nitrogen and oxygen atoms in total. The van der Waals surface area contributed by atoms with Crippen molar-refractivity contribution in [3.63, 3.8) is 0 Å². The molecule has 0 saturated heterocycles. The van der Waals surface area contributed by atoms with Gasteiger partial charge < -0.3 is 10.4 Å². The third kappa shape index (κ3) is 4.51. The van der Waals surface area contributed by atoms with Crippen molar-refractivity contribution in [2.75, 3.05) is 23.9 Å². The largest absolute Gasteiger partial charge is 0.384 e. The minimum absolute atomic E-state index is 0.0255. The number of benzene rings is 1. The first kappa shape index (κ1) is 13.6. The Morgan fingerprint density at radius 1 is 1.53 bits per heavy atom. The maximum Gasteiger partial charge on any atom is 0.234 e. The van der Waals surface area contributed by atoms with Gasteiger partial charge in [0.25, 0.3) is 0 Å². The summed E-state index contributed by atoms with van der Waals surface area (Å²) in [7, 11) is 0. The number of amides is 1. The molecule has 0 bridgehead atoms. The number of aliphatic hydroxyl groups excluding tert-OH is 1. The molecule has 0 spiro atoms. The van der Waals surface area contributed by atoms with E-state index in [1.807, 2.05) is 31.4 Å². The second kappa shape index (κ2) is 7.00. The number of hydrogen-bond acceptors (Lipinski definition) is 3. The van der Waals surface area contributed by atoms with Crippen molar-refractivity contribution in [2.24, 2.45) is 0 Å². The van der Waals surface area contributed by atoms with Crippen molar-refractivity contribution in [1.82, 2.24) is 0 Å². The maximum absolute atomic E-state index is 11.4. The van der Waals surface area contributed by atoms with Crippen LogP contribution in [0.1, 0.15) is 11.1 Å². The van der Waals surface area contributed by atoms with Gasteiger partial charge in [-0.3, -0.25) is 4.79 Å². The maximum atomic E-state index is 11.4. The van der Waals surface area contributed by atoms with Gasteiger partial charge in [0.15, 0.2) is 0 Å². The van der Waals surface area contributed by atoms with Crippen LogP contribution in [-0.4, -0.2) is 29.6 Å². The molecule has 0 heterocycles. The standard InChI is InChI=1S/C13H15NO2S/c1-10-5-6-12(14-13(16)9-17-2)8-11(10)4-3-7-15/h5-6,8,15H,7,9H2,1-2H3,(H,14,16). The molecule has 1 aromatic carbocycles. The lowest BCUT2D eigenvalue weighted by Crippen LogP contribution is -2.13. The van der Waals surface area contributed by atoms with E-state index in [2.05, 4.69) is 17.2 Å². The van der Waals surface area contributed by atoms with E-state index in [4.69, 9.17) is 5.11 Å². The van der Waals surface area contributed by atoms with E-state index in [1.54, 1.807) is 0 Å². The summed E-state index contributed by atoms with van der Waals surface area (Å²) in [6.07, 6.45) is 1.88. The highest BCUT2D eigenvalue weighted by atomic mass is 32.2. The number of anilines is 1. The summed E-state index contributed by atoms with van der Waals surface area (Å²) < 4.78 is 0. The van der Waals surface area contributed by atoms with Crippen LogP contribution in [0.2, 0.25) is 0 Å². The minimum atomic E-state index is -0.164. The van der Waals surface area contributed by atoms with Crippen molar-refractivity contribution in [3.05, 3.63) is 29.3 Å². The van der Waals surface area contributed by atoms with Crippen LogP contribution < -0.4 is 5.32 Å². The molecule has 1 rings (SSSR count). The predicted octanol–water partition coefficient (Wildman–Crippen LogP) is 1.64. The molecule has 1 aromatic rings. The quantitative estimate of drug-likeness (QED) is 0.801. The second-order valence-electron chi connectivity index (χ2n) is 3.47. The Morgan fingerprint density at radius 3 is 2.94 bits per heavy atom. The van der Waals surface area contributed by atoms with Gasteiger partial charge in [0, 0.05) is 11.3 Å². The van der Waals surface area contributed by atoms with Crippen molar-refractivity contribution in [2.45, 2.75) is 6.92 Å². The van der Waals surface area contributed by atoms with E-state index in [0.29, 0.717) is 5.75 Å². The number of rotatable bonds is 3. The van der Waals surface area contributed by atoms with Crippen LogP contribution >= 0.6 is 11.8 Å². The van der Waals surface area contributed by atoms with Crippen molar-refractivity contribution >= 4 is 23.4 Å². The van der Waals surface area contributed by atoms with Gasteiger partial charge in [0.05, 0.1) is 5.75 Å². The Morgan fingerprint density at radius 2 is 2.29 bits per heavy atom. The molecule has 0 aliphatic carbocycles. The summed E-state index contributed by atoms with van der Waals surface area (Å²) >= 11 is 1.48. The number of thioether (sulfide) groups is 1. The molecule has 90 valence electrons. The van der Waals surface area contributed by atoms with E-state index in [1.165, 1.54) is 11.8 Å². The minimum Gasteiger partial charge on any atom is -0.384 e. The lowest BCUT2D eigenvalue weighted by molar-refractivity contribution is -0.113. The number of carbonyl (C=O) groups is 1. The highest BCUT2D eigenvalue weighted by molar-refractivity contribution is 7.99. The van der Waals surface area contributed by atoms with Crippen molar-refractivity contribution in [3.8, 4) is 11.8 Å². The zero-order chi connectivity index (χ0) is 12.7. The Balaban J connectivity index is 2.85. The van der Waals surface area contributed by atoms with Crippen LogP contribution in [0.5, 0.6) is 0 Å². The van der Waals surface area contributed by atoms with Gasteiger partial charge in [-0.2, -0.15) is 11.8 Å². The molecule has 4 heteroatoms. The summed E-state index contributed by atoms with van der Waals surface area (Å²) in [5.74, 6) is 5.86. The van der Waals surface area contributed by atoms with Crippen LogP contribution in [0.25, 0.3) is 0 Å². The zero-order valence-electron chi connectivity index (χ0n) is 9.91. The molecule has 0 fully saturated rings. The van der Waals surface area contributed by atoms with Gasteiger partial charge in [-0.05, 0) is 30.9 Å². The molecule has 0 aromatic heterocycles. The summed E-state index contributed by atoms with van der Waals surface area (Å²) in [5, 5.41) is 11.5. The Hall–Kier alpha value is -1.44. The van der Waals surface area contributed by atoms with E-state index >= 15 is 0 Å². The highest BCUT2D eigenvalue weighted by Gasteiger charge is 2.02. The van der Waals surface area contributed by atoms with E-state index < -0.39 is 0 Å². The SMILES string of the molecule is CSCC(=O)Nc1ccc(C)c(C#CCO)c1. The molecule has 0 aliphatic rings. The molecule has 0 unspecified atom stereocenters. The summed E-state index contributed by atoms with van der Waals surface area (Å²) in [6, 6.07) is 5.56. The van der Waals surface area contributed by atoms with Gasteiger partial charge in [0.2, 0.25) is 5.91 Å². The first-order valence-electron chi connectivity index (χ1n) is 5.16. The Labute approximate surface area is 106 Å². The first-order chi connectivity index (χ1) is 8.17. The number of carbonyl (C=O) groups excluding carboxylic acids is 1. The number of hydrogen-bond donors (Lipinski definition) is 2. The topological polar surface area (TPSA) is 49.3 Å². The molecule has 0 radical (unpaired) electrons. The highest BCUT2D eigenvalue weighted by Crippen LogP contribution is 2.14. The molecule has 0 saturated carbocycles. The van der Waals surface area contributed by atoms with Gasteiger partial charge in [-0.15, -0.1) is 0 Å². The van der Waals surface area contributed by atoms with Crippen LogP contribution in [0.4, 0.5) is 5.69 Å². The lowest BCUT2D eigenvalue weighted by Gasteiger charge is -2.06. The molecule has 2 N–H and O–H groups in total. The summed E-state index contributed by atoms with van der Waals surface area (Å²) in [5.41, 5.74) is 2.58. The average Bonchev–Trinajstić information content (AvgIpc) is 2.30. The van der Waals surface area contributed by atoms with E-state index in [0.717, 1.165) is 16.8 Å². The van der Waals surface area contributed by atoms with Crippen LogP contribution in [-0.2, 0) is 4.79 Å². The Bertz CT molecular complexity index is 460. The molecular formula is C13H15NO2S. The molecule has 0 atom stereocenters. The van der Waals surface area contributed by atoms with Gasteiger partial charge in [0.1, 0.15) is 6.61 Å². The fraction of sp³-hybridized carbons (Fsp3) is 0.308. The van der Waals surface area contributed by atoms with Gasteiger partial charge in [-0.25, -0.2) is 0 Å². The number of nitrogens with one attached hydrogen (secondary N) is 1. The van der Waals surface area contributed by atoms with Crippen molar-refractivity contribution in [1.29, 1.82) is 0 Å². The zero-order valence-corrected chi connectivity index (χ0v) is 10.7. The number of aryl methyl sites for hydroxylation is 1. The first-order valence-corrected chi connectivity index (χ1v) is 6.56. The third-order valence-corrected chi connectivity index (χ3v) is 2.65. The fourth-order valence-corrected chi connectivity index (χ4v) is 1.63. The fourth-order valence-electron chi connectivity index (χ4n) is 1.30. The predicted molar refractivity (Wildman–Crippen MR) is 72.2 cm³/mol. The smallest absolute Gasteiger partial charge is 0.234 e. The number of aliphatic hydroxyl groups is 1. The molecule has 17 heavy (non-hydrogen) atoms. The third-order valence-electron chi connectivity index (χ3n) is 2.10. The van der Waals surface area contributed by atoms with Crippen LogP contribution in [0.3, 0.4) is 0 Å². The summed E-state index contributed by atoms with van der Waals surface area (Å²) in [6.45, 7) is 1.78. The van der Waals surface area contributed by atoms with Gasteiger partial charge >= 0.3 is 0 Å². The molecular weight excluding hydrogens is 234 g/mol. The molecule has 0 aliphatic heterocycles. The lowest BCUT2D eigenvalue weighted by atomic mass is 10.1. The average molecular weight is 249 g/mol. The van der Waals surface area contributed by atoms with E-state index in [9.17, 15) is 4.79 Å². The second-order valence-corrected chi connectivity index (χ2v) is 4.34. The summed E-state index contributed by atoms with van der Waals surface area (Å²) in [4.78, 5) is 11.4. The normalized spacial score (nSPS) is 9.35. The van der Waals surface area contributed by atoms with Gasteiger partial charge in [-0.1, -0.05) is 17.9 Å². The van der Waals surface area contributed by atoms with Crippen LogP contribution in [0.15, 0.2) is 18.2 Å². The van der Waals surface area contributed by atoms with Crippen LogP contribution in [0, 0.1) is 18.8 Å². The molecule has 1 amide bonds. The van der Waals surface area contributed by atoms with Crippen molar-refractivity contribution < 1.29 is 9.90 Å². The van der Waals surface area contributed by atoms with E-state index in [-0.39, 0.29) is 12.5 Å². The monoisotopic (exact) mass is 249 g/mol. The Kier molecular flexibility index (Phi) is 5.61.